The maximum Gasteiger partial charge on any atom is 0.221 e. The van der Waals surface area contributed by atoms with Crippen LogP contribution in [0.15, 0.2) is 6.33 Å². The third kappa shape index (κ3) is 3.08. The fraction of sp³-hybridized carbons (Fsp3) is 0.667. The summed E-state index contributed by atoms with van der Waals surface area (Å²) in [5.74, 6) is 6.70. The molecule has 0 bridgehead atoms. The quantitative estimate of drug-likeness (QED) is 0.575. The zero-order chi connectivity index (χ0) is 12.8. The molecule has 2 rings (SSSR count). The fourth-order valence-electron chi connectivity index (χ4n) is 2.24. The van der Waals surface area contributed by atoms with Crippen LogP contribution in [0.1, 0.15) is 25.3 Å². The van der Waals surface area contributed by atoms with E-state index in [0.717, 1.165) is 18.5 Å². The van der Waals surface area contributed by atoms with Crippen molar-refractivity contribution >= 4 is 5.82 Å². The third-order valence-electron chi connectivity index (χ3n) is 3.24. The van der Waals surface area contributed by atoms with Gasteiger partial charge in [-0.2, -0.15) is 0 Å². The first-order valence-corrected chi connectivity index (χ1v) is 6.50. The summed E-state index contributed by atoms with van der Waals surface area (Å²) >= 11 is 0. The van der Waals surface area contributed by atoms with Gasteiger partial charge < -0.3 is 10.2 Å². The normalized spacial score (nSPS) is 15.9. The number of rotatable bonds is 6. The maximum atomic E-state index is 5.74. The summed E-state index contributed by atoms with van der Waals surface area (Å²) in [6, 6.07) is 0. The first-order valence-electron chi connectivity index (χ1n) is 6.50. The van der Waals surface area contributed by atoms with Crippen LogP contribution in [-0.4, -0.2) is 41.1 Å². The molecule has 6 heteroatoms. The molecule has 0 radical (unpaired) electrons. The second kappa shape index (κ2) is 6.51. The second-order valence-corrected chi connectivity index (χ2v) is 4.40. The van der Waals surface area contributed by atoms with Crippen LogP contribution in [0.5, 0.6) is 5.88 Å². The Bertz CT molecular complexity index is 379. The van der Waals surface area contributed by atoms with Crippen molar-refractivity contribution in [3.05, 3.63) is 11.9 Å². The number of anilines is 1. The van der Waals surface area contributed by atoms with E-state index in [1.54, 1.807) is 0 Å². The van der Waals surface area contributed by atoms with E-state index in [2.05, 4.69) is 20.3 Å². The Labute approximate surface area is 108 Å². The van der Waals surface area contributed by atoms with E-state index >= 15 is 0 Å². The molecule has 0 aromatic carbocycles. The minimum absolute atomic E-state index is 0.639. The molecule has 2 heterocycles. The van der Waals surface area contributed by atoms with Crippen molar-refractivity contribution in [3.63, 3.8) is 0 Å². The highest BCUT2D eigenvalue weighted by atomic mass is 16.5. The molecule has 1 aromatic rings. The molecule has 0 aliphatic carbocycles. The molecule has 18 heavy (non-hydrogen) atoms. The van der Waals surface area contributed by atoms with Crippen LogP contribution in [0.3, 0.4) is 0 Å². The number of likely N-dealkylation sites (tertiary alicyclic amines) is 1. The van der Waals surface area contributed by atoms with Gasteiger partial charge in [0.2, 0.25) is 5.88 Å². The van der Waals surface area contributed by atoms with Gasteiger partial charge in [0.05, 0.1) is 5.56 Å². The van der Waals surface area contributed by atoms with Crippen molar-refractivity contribution in [2.45, 2.75) is 26.2 Å². The molecule has 1 saturated heterocycles. The lowest BCUT2D eigenvalue weighted by Gasteiger charge is -2.16. The molecule has 1 aliphatic rings. The molecular formula is C12H21N5O. The SMILES string of the molecule is CCc1c(NN)ncnc1OCCN1CCCC1. The van der Waals surface area contributed by atoms with Crippen LogP contribution in [-0.2, 0) is 6.42 Å². The van der Waals surface area contributed by atoms with Crippen LogP contribution >= 0.6 is 0 Å². The molecule has 0 atom stereocenters. The highest BCUT2D eigenvalue weighted by Crippen LogP contribution is 2.21. The van der Waals surface area contributed by atoms with Gasteiger partial charge in [0.1, 0.15) is 18.8 Å². The Morgan fingerprint density at radius 3 is 2.83 bits per heavy atom. The molecule has 0 saturated carbocycles. The van der Waals surface area contributed by atoms with Gasteiger partial charge in [-0.05, 0) is 32.4 Å². The van der Waals surface area contributed by atoms with Crippen LogP contribution < -0.4 is 16.0 Å². The lowest BCUT2D eigenvalue weighted by molar-refractivity contribution is 0.230. The monoisotopic (exact) mass is 251 g/mol. The van der Waals surface area contributed by atoms with Crippen molar-refractivity contribution in [1.82, 2.24) is 14.9 Å². The van der Waals surface area contributed by atoms with Gasteiger partial charge in [0.25, 0.3) is 0 Å². The molecule has 1 aliphatic heterocycles. The number of nitrogens with zero attached hydrogens (tertiary/aromatic N) is 3. The maximum absolute atomic E-state index is 5.74. The van der Waals surface area contributed by atoms with E-state index in [-0.39, 0.29) is 0 Å². The number of nitrogens with two attached hydrogens (primary N) is 1. The minimum Gasteiger partial charge on any atom is -0.476 e. The zero-order valence-electron chi connectivity index (χ0n) is 10.9. The number of hydrazine groups is 1. The highest BCUT2D eigenvalue weighted by Gasteiger charge is 2.13. The van der Waals surface area contributed by atoms with E-state index in [4.69, 9.17) is 10.6 Å². The summed E-state index contributed by atoms with van der Waals surface area (Å²) in [5, 5.41) is 0. The molecule has 1 aromatic heterocycles. The van der Waals surface area contributed by atoms with Gasteiger partial charge in [-0.15, -0.1) is 0 Å². The van der Waals surface area contributed by atoms with Crippen LogP contribution in [0, 0.1) is 0 Å². The Kier molecular flexibility index (Phi) is 4.72. The van der Waals surface area contributed by atoms with E-state index in [1.807, 2.05) is 6.92 Å². The van der Waals surface area contributed by atoms with Crippen molar-refractivity contribution in [1.29, 1.82) is 0 Å². The predicted molar refractivity (Wildman–Crippen MR) is 70.4 cm³/mol. The first kappa shape index (κ1) is 13.0. The van der Waals surface area contributed by atoms with Gasteiger partial charge in [-0.25, -0.2) is 15.8 Å². The van der Waals surface area contributed by atoms with E-state index in [1.165, 1.54) is 32.3 Å². The summed E-state index contributed by atoms with van der Waals surface area (Å²) < 4.78 is 5.74. The molecule has 3 N–H and O–H groups in total. The second-order valence-electron chi connectivity index (χ2n) is 4.40. The molecular weight excluding hydrogens is 230 g/mol. The smallest absolute Gasteiger partial charge is 0.221 e. The third-order valence-corrected chi connectivity index (χ3v) is 3.24. The highest BCUT2D eigenvalue weighted by molar-refractivity contribution is 5.47. The van der Waals surface area contributed by atoms with Gasteiger partial charge >= 0.3 is 0 Å². The molecule has 0 spiro atoms. The average molecular weight is 251 g/mol. The van der Waals surface area contributed by atoms with Crippen molar-refractivity contribution in [3.8, 4) is 5.88 Å². The zero-order valence-corrected chi connectivity index (χ0v) is 10.9. The number of nitrogen functional groups attached to an aromatic ring is 1. The van der Waals surface area contributed by atoms with Crippen molar-refractivity contribution < 1.29 is 4.74 Å². The standard InChI is InChI=1S/C12H21N5O/c1-2-10-11(16-13)14-9-15-12(10)18-8-7-17-5-3-4-6-17/h9H,2-8,13H2,1H3,(H,14,15,16). The fourth-order valence-corrected chi connectivity index (χ4v) is 2.24. The van der Waals surface area contributed by atoms with Crippen LogP contribution in [0.25, 0.3) is 0 Å². The predicted octanol–water partition coefficient (Wildman–Crippen LogP) is 0.799. The van der Waals surface area contributed by atoms with E-state index in [9.17, 15) is 0 Å². The van der Waals surface area contributed by atoms with Gasteiger partial charge in [0, 0.05) is 6.54 Å². The minimum atomic E-state index is 0.639. The summed E-state index contributed by atoms with van der Waals surface area (Å²) in [5.41, 5.74) is 3.51. The lowest BCUT2D eigenvalue weighted by atomic mass is 10.2. The first-order chi connectivity index (χ1) is 8.85. The summed E-state index contributed by atoms with van der Waals surface area (Å²) in [7, 11) is 0. The van der Waals surface area contributed by atoms with Crippen molar-refractivity contribution in [2.75, 3.05) is 31.7 Å². The number of hydrogen-bond acceptors (Lipinski definition) is 6. The van der Waals surface area contributed by atoms with Crippen LogP contribution in [0.2, 0.25) is 0 Å². The summed E-state index contributed by atoms with van der Waals surface area (Å²) in [6.45, 7) is 6.02. The summed E-state index contributed by atoms with van der Waals surface area (Å²) in [4.78, 5) is 10.7. The number of ether oxygens (including phenoxy) is 1. The van der Waals surface area contributed by atoms with E-state index in [0.29, 0.717) is 18.3 Å². The molecule has 0 amide bonds. The Morgan fingerprint density at radius 1 is 1.39 bits per heavy atom. The Balaban J connectivity index is 1.91. The van der Waals surface area contributed by atoms with Gasteiger partial charge in [0.15, 0.2) is 0 Å². The lowest BCUT2D eigenvalue weighted by Crippen LogP contribution is -2.25. The molecule has 0 unspecified atom stereocenters. The largest absolute Gasteiger partial charge is 0.476 e. The Morgan fingerprint density at radius 2 is 2.17 bits per heavy atom. The van der Waals surface area contributed by atoms with Crippen LogP contribution in [0.4, 0.5) is 5.82 Å². The van der Waals surface area contributed by atoms with E-state index < -0.39 is 0 Å². The Hall–Kier alpha value is -1.40. The molecule has 100 valence electrons. The van der Waals surface area contributed by atoms with Gasteiger partial charge in [-0.3, -0.25) is 4.90 Å². The number of nitrogens with one attached hydrogen (secondary N) is 1. The topological polar surface area (TPSA) is 76.3 Å². The van der Waals surface area contributed by atoms with Crippen molar-refractivity contribution in [2.24, 2.45) is 5.84 Å². The number of hydrogen-bond donors (Lipinski definition) is 2. The molecule has 1 fully saturated rings. The summed E-state index contributed by atoms with van der Waals surface area (Å²) in [6.07, 6.45) is 4.86. The average Bonchev–Trinajstić information content (AvgIpc) is 2.91. The molecule has 6 nitrogen and oxygen atoms in total. The van der Waals surface area contributed by atoms with Gasteiger partial charge in [-0.1, -0.05) is 6.92 Å². The number of aromatic nitrogens is 2.